The van der Waals surface area contributed by atoms with E-state index in [1.54, 1.807) is 18.2 Å². The highest BCUT2D eigenvalue weighted by atomic mass is 19.2. The summed E-state index contributed by atoms with van der Waals surface area (Å²) in [5.41, 5.74) is 8.80. The molecule has 1 aliphatic carbocycles. The number of anilines is 1. The number of carboxylic acid groups (broad SMARTS) is 1. The molecule has 3 rings (SSSR count). The fourth-order valence-electron chi connectivity index (χ4n) is 3.50. The first-order valence-corrected chi connectivity index (χ1v) is 8.96. The molecular weight excluding hydrogens is 369 g/mol. The van der Waals surface area contributed by atoms with Crippen molar-refractivity contribution in [3.63, 3.8) is 0 Å². The van der Waals surface area contributed by atoms with E-state index in [2.05, 4.69) is 5.32 Å². The Hall–Kier alpha value is -2.80. The number of aliphatic carboxylic acids is 1. The third kappa shape index (κ3) is 4.72. The van der Waals surface area contributed by atoms with Crippen LogP contribution in [0.5, 0.6) is 0 Å². The van der Waals surface area contributed by atoms with Crippen molar-refractivity contribution in [1.29, 1.82) is 0 Å². The highest BCUT2D eigenvalue weighted by Crippen LogP contribution is 2.33. The van der Waals surface area contributed by atoms with Gasteiger partial charge in [0.25, 0.3) is 0 Å². The number of benzene rings is 2. The standard InChI is InChI=1S/C21H21F3N2O2/c22-17-10-19(24)18(23)9-16(17)15-5-4-13(7-20(15)25)11-26-14-3-1-2-12(6-14)8-21(27)28/h1-4,6,9-10,15,20,26H,5,7-8,11,25H2,(H,27,28). The van der Waals surface area contributed by atoms with Crippen LogP contribution in [0.3, 0.4) is 0 Å². The van der Waals surface area contributed by atoms with Gasteiger partial charge in [-0.1, -0.05) is 23.8 Å². The van der Waals surface area contributed by atoms with E-state index in [-0.39, 0.29) is 12.0 Å². The molecular formula is C21H21F3N2O2. The van der Waals surface area contributed by atoms with Crippen LogP contribution < -0.4 is 11.1 Å². The summed E-state index contributed by atoms with van der Waals surface area (Å²) in [6, 6.07) is 8.17. The van der Waals surface area contributed by atoms with E-state index in [0.717, 1.165) is 17.3 Å². The van der Waals surface area contributed by atoms with E-state index >= 15 is 0 Å². The van der Waals surface area contributed by atoms with Crippen molar-refractivity contribution < 1.29 is 23.1 Å². The fourth-order valence-corrected chi connectivity index (χ4v) is 3.50. The zero-order chi connectivity index (χ0) is 20.3. The molecule has 1 aliphatic rings. The van der Waals surface area contributed by atoms with Crippen LogP contribution in [0, 0.1) is 17.5 Å². The third-order valence-electron chi connectivity index (χ3n) is 4.92. The first kappa shape index (κ1) is 19.9. The van der Waals surface area contributed by atoms with Crippen LogP contribution in [-0.4, -0.2) is 23.7 Å². The van der Waals surface area contributed by atoms with Crippen LogP contribution >= 0.6 is 0 Å². The van der Waals surface area contributed by atoms with Crippen LogP contribution in [0.1, 0.15) is 29.9 Å². The lowest BCUT2D eigenvalue weighted by atomic mass is 9.80. The van der Waals surface area contributed by atoms with Gasteiger partial charge < -0.3 is 16.2 Å². The first-order chi connectivity index (χ1) is 13.3. The molecule has 7 heteroatoms. The summed E-state index contributed by atoms with van der Waals surface area (Å²) in [5, 5.41) is 12.1. The molecule has 0 saturated carbocycles. The zero-order valence-corrected chi connectivity index (χ0v) is 15.1. The molecule has 0 aromatic heterocycles. The number of hydrogen-bond donors (Lipinski definition) is 3. The maximum Gasteiger partial charge on any atom is 0.307 e. The molecule has 2 atom stereocenters. The van der Waals surface area contributed by atoms with Gasteiger partial charge in [-0.3, -0.25) is 4.79 Å². The smallest absolute Gasteiger partial charge is 0.307 e. The lowest BCUT2D eigenvalue weighted by molar-refractivity contribution is -0.136. The molecule has 28 heavy (non-hydrogen) atoms. The van der Waals surface area contributed by atoms with Crippen molar-refractivity contribution in [3.05, 3.63) is 76.6 Å². The van der Waals surface area contributed by atoms with E-state index in [1.165, 1.54) is 0 Å². The predicted octanol–water partition coefficient (Wildman–Crippen LogP) is 3.97. The third-order valence-corrected chi connectivity index (χ3v) is 4.92. The van der Waals surface area contributed by atoms with E-state index in [0.29, 0.717) is 31.0 Å². The maximum absolute atomic E-state index is 14.0. The van der Waals surface area contributed by atoms with Gasteiger partial charge >= 0.3 is 5.97 Å². The number of rotatable bonds is 6. The molecule has 4 nitrogen and oxygen atoms in total. The Balaban J connectivity index is 1.65. The Morgan fingerprint density at radius 1 is 1.14 bits per heavy atom. The topological polar surface area (TPSA) is 75.3 Å². The predicted molar refractivity (Wildman–Crippen MR) is 101 cm³/mol. The lowest BCUT2D eigenvalue weighted by Crippen LogP contribution is -2.33. The van der Waals surface area contributed by atoms with Crippen molar-refractivity contribution in [1.82, 2.24) is 0 Å². The van der Waals surface area contributed by atoms with E-state index in [4.69, 9.17) is 10.8 Å². The largest absolute Gasteiger partial charge is 0.481 e. The second-order valence-electron chi connectivity index (χ2n) is 6.98. The number of carbonyl (C=O) groups is 1. The summed E-state index contributed by atoms with van der Waals surface area (Å²) >= 11 is 0. The van der Waals surface area contributed by atoms with Crippen LogP contribution in [0.2, 0.25) is 0 Å². The average molecular weight is 390 g/mol. The number of halogens is 3. The molecule has 0 spiro atoms. The van der Waals surface area contributed by atoms with E-state index in [1.807, 2.05) is 12.1 Å². The van der Waals surface area contributed by atoms with Crippen molar-refractivity contribution in [2.75, 3.05) is 11.9 Å². The summed E-state index contributed by atoms with van der Waals surface area (Å²) in [6.45, 7) is 0.511. The number of allylic oxidation sites excluding steroid dienone is 1. The molecule has 0 heterocycles. The number of carboxylic acids is 1. The molecule has 2 unspecified atom stereocenters. The quantitative estimate of drug-likeness (QED) is 0.515. The van der Waals surface area contributed by atoms with Gasteiger partial charge in [0.15, 0.2) is 11.6 Å². The zero-order valence-electron chi connectivity index (χ0n) is 15.1. The summed E-state index contributed by atoms with van der Waals surface area (Å²) in [5.74, 6) is -4.39. The molecule has 0 amide bonds. The number of nitrogens with two attached hydrogens (primary N) is 1. The normalized spacial score (nSPS) is 19.2. The highest BCUT2D eigenvalue weighted by molar-refractivity contribution is 5.70. The van der Waals surface area contributed by atoms with Crippen molar-refractivity contribution in [2.45, 2.75) is 31.2 Å². The maximum atomic E-state index is 14.0. The minimum Gasteiger partial charge on any atom is -0.481 e. The van der Waals surface area contributed by atoms with Crippen LogP contribution in [-0.2, 0) is 11.2 Å². The summed E-state index contributed by atoms with van der Waals surface area (Å²) in [6.07, 6.45) is 2.80. The SMILES string of the molecule is NC1CC(CNc2cccc(CC(=O)O)c2)=CCC1c1cc(F)c(F)cc1F. The van der Waals surface area contributed by atoms with Gasteiger partial charge in [-0.2, -0.15) is 0 Å². The Labute approximate surface area is 160 Å². The molecule has 0 aliphatic heterocycles. The monoisotopic (exact) mass is 390 g/mol. The molecule has 0 fully saturated rings. The molecule has 148 valence electrons. The summed E-state index contributed by atoms with van der Waals surface area (Å²) < 4.78 is 40.7. The highest BCUT2D eigenvalue weighted by Gasteiger charge is 2.27. The van der Waals surface area contributed by atoms with Crippen LogP contribution in [0.4, 0.5) is 18.9 Å². The Kier molecular flexibility index (Phi) is 6.04. The minimum atomic E-state index is -1.21. The summed E-state index contributed by atoms with van der Waals surface area (Å²) in [7, 11) is 0. The molecule has 2 aromatic carbocycles. The van der Waals surface area contributed by atoms with Gasteiger partial charge in [0, 0.05) is 30.3 Å². The molecule has 0 radical (unpaired) electrons. The second kappa shape index (κ2) is 8.48. The number of hydrogen-bond acceptors (Lipinski definition) is 3. The van der Waals surface area contributed by atoms with Gasteiger partial charge in [-0.15, -0.1) is 0 Å². The Morgan fingerprint density at radius 3 is 2.61 bits per heavy atom. The Bertz CT molecular complexity index is 915. The second-order valence-corrected chi connectivity index (χ2v) is 6.98. The lowest BCUT2D eigenvalue weighted by Gasteiger charge is -2.29. The number of nitrogens with one attached hydrogen (secondary N) is 1. The molecule has 0 saturated heterocycles. The van der Waals surface area contributed by atoms with Gasteiger partial charge in [0.2, 0.25) is 0 Å². The van der Waals surface area contributed by atoms with Gasteiger partial charge in [-0.05, 0) is 42.2 Å². The van der Waals surface area contributed by atoms with Crippen molar-refractivity contribution >= 4 is 11.7 Å². The van der Waals surface area contributed by atoms with Crippen LogP contribution in [0.15, 0.2) is 48.0 Å². The van der Waals surface area contributed by atoms with Gasteiger partial charge in [0.1, 0.15) is 5.82 Å². The minimum absolute atomic E-state index is 0.0510. The molecule has 2 aromatic rings. The van der Waals surface area contributed by atoms with E-state index in [9.17, 15) is 18.0 Å². The summed E-state index contributed by atoms with van der Waals surface area (Å²) in [4.78, 5) is 10.8. The fraction of sp³-hybridized carbons (Fsp3) is 0.286. The van der Waals surface area contributed by atoms with Crippen molar-refractivity contribution in [2.24, 2.45) is 5.73 Å². The van der Waals surface area contributed by atoms with Crippen LogP contribution in [0.25, 0.3) is 0 Å². The van der Waals surface area contributed by atoms with Crippen molar-refractivity contribution in [3.8, 4) is 0 Å². The Morgan fingerprint density at radius 2 is 1.89 bits per heavy atom. The van der Waals surface area contributed by atoms with E-state index < -0.39 is 35.4 Å². The van der Waals surface area contributed by atoms with Gasteiger partial charge in [-0.25, -0.2) is 13.2 Å². The van der Waals surface area contributed by atoms with Gasteiger partial charge in [0.05, 0.1) is 6.42 Å². The molecule has 4 N–H and O–H groups in total. The first-order valence-electron chi connectivity index (χ1n) is 8.96. The molecule has 0 bridgehead atoms. The average Bonchev–Trinajstić information content (AvgIpc) is 2.63.